The zero-order valence-electron chi connectivity index (χ0n) is 9.93. The summed E-state index contributed by atoms with van der Waals surface area (Å²) in [6.07, 6.45) is 8.43. The topological polar surface area (TPSA) is 38.1 Å². The summed E-state index contributed by atoms with van der Waals surface area (Å²) in [6.45, 7) is 2.91. The van der Waals surface area contributed by atoms with Crippen molar-refractivity contribution in [1.29, 1.82) is 0 Å². The number of hydrogen-bond donors (Lipinski definition) is 0. The third-order valence-electron chi connectivity index (χ3n) is 4.61. The minimum Gasteiger partial charge on any atom is -0.341 e. The number of carbonyl (C=O) groups is 1. The number of nitrogens with zero attached hydrogens (tertiary/aromatic N) is 3. The van der Waals surface area contributed by atoms with Crippen LogP contribution >= 0.6 is 0 Å². The van der Waals surface area contributed by atoms with Crippen molar-refractivity contribution in [3.05, 3.63) is 18.2 Å². The van der Waals surface area contributed by atoms with Gasteiger partial charge in [0.05, 0.1) is 0 Å². The largest absolute Gasteiger partial charge is 0.341 e. The molecular formula is C13H17N3O. The molecule has 1 amide bonds. The quantitative estimate of drug-likeness (QED) is 0.727. The van der Waals surface area contributed by atoms with Crippen LogP contribution in [-0.4, -0.2) is 33.4 Å². The number of amides is 1. The molecule has 1 atom stereocenters. The highest BCUT2D eigenvalue weighted by molar-refractivity contribution is 5.81. The van der Waals surface area contributed by atoms with E-state index in [2.05, 4.69) is 20.6 Å². The molecule has 3 aliphatic rings. The Labute approximate surface area is 101 Å². The lowest BCUT2D eigenvalue weighted by molar-refractivity contribution is -0.131. The third-order valence-corrected chi connectivity index (χ3v) is 4.61. The van der Waals surface area contributed by atoms with Gasteiger partial charge in [0.25, 0.3) is 0 Å². The van der Waals surface area contributed by atoms with Gasteiger partial charge in [-0.15, -0.1) is 0 Å². The lowest BCUT2D eigenvalue weighted by atomic mass is 9.85. The summed E-state index contributed by atoms with van der Waals surface area (Å²) in [7, 11) is 0. The van der Waals surface area contributed by atoms with Gasteiger partial charge >= 0.3 is 0 Å². The second-order valence-corrected chi connectivity index (χ2v) is 5.76. The Hall–Kier alpha value is -1.32. The highest BCUT2D eigenvalue weighted by Gasteiger charge is 2.48. The van der Waals surface area contributed by atoms with Gasteiger partial charge < -0.3 is 9.47 Å². The highest BCUT2D eigenvalue weighted by Crippen LogP contribution is 2.43. The average molecular weight is 231 g/mol. The molecule has 4 rings (SSSR count). The normalized spacial score (nSPS) is 31.2. The molecule has 1 saturated carbocycles. The Morgan fingerprint density at radius 1 is 1.35 bits per heavy atom. The molecular weight excluding hydrogens is 214 g/mol. The van der Waals surface area contributed by atoms with E-state index in [4.69, 9.17) is 0 Å². The molecule has 0 aromatic carbocycles. The fourth-order valence-corrected chi connectivity index (χ4v) is 3.43. The van der Waals surface area contributed by atoms with Gasteiger partial charge in [0.1, 0.15) is 5.82 Å². The van der Waals surface area contributed by atoms with E-state index in [1.54, 1.807) is 0 Å². The summed E-state index contributed by atoms with van der Waals surface area (Å²) in [5.74, 6) is 1.96. The van der Waals surface area contributed by atoms with E-state index in [1.807, 2.05) is 6.20 Å². The van der Waals surface area contributed by atoms with E-state index in [-0.39, 0.29) is 5.41 Å². The van der Waals surface area contributed by atoms with Crippen LogP contribution in [0.5, 0.6) is 0 Å². The van der Waals surface area contributed by atoms with Crippen molar-refractivity contribution in [3.8, 4) is 0 Å². The van der Waals surface area contributed by atoms with Crippen molar-refractivity contribution in [2.45, 2.75) is 37.6 Å². The minimum absolute atomic E-state index is 0.175. The van der Waals surface area contributed by atoms with Crippen molar-refractivity contribution in [2.75, 3.05) is 13.1 Å². The van der Waals surface area contributed by atoms with Crippen LogP contribution in [0.15, 0.2) is 12.4 Å². The van der Waals surface area contributed by atoms with Crippen LogP contribution in [0.25, 0.3) is 0 Å². The standard InChI is InChI=1S/C13H17N3O/c17-11(10-1-2-10)16-7-4-13(9-16)3-6-15-8-5-14-12(13)15/h5,8,10H,1-4,6-7,9H2/t13-/m1/s1. The van der Waals surface area contributed by atoms with Crippen molar-refractivity contribution in [2.24, 2.45) is 5.92 Å². The van der Waals surface area contributed by atoms with Crippen molar-refractivity contribution in [1.82, 2.24) is 14.5 Å². The van der Waals surface area contributed by atoms with E-state index in [0.717, 1.165) is 45.3 Å². The van der Waals surface area contributed by atoms with Gasteiger partial charge in [0.15, 0.2) is 0 Å². The summed E-state index contributed by atoms with van der Waals surface area (Å²) in [5.41, 5.74) is 0.175. The van der Waals surface area contributed by atoms with Gasteiger partial charge in [-0.2, -0.15) is 0 Å². The first kappa shape index (κ1) is 9.68. The molecule has 0 bridgehead atoms. The first-order valence-corrected chi connectivity index (χ1v) is 6.59. The molecule has 1 aromatic heterocycles. The molecule has 2 aliphatic heterocycles. The molecule has 0 unspecified atom stereocenters. The van der Waals surface area contributed by atoms with Gasteiger partial charge in [0.2, 0.25) is 5.91 Å². The maximum Gasteiger partial charge on any atom is 0.225 e. The number of aryl methyl sites for hydroxylation is 1. The summed E-state index contributed by atoms with van der Waals surface area (Å²) in [5, 5.41) is 0. The Kier molecular flexibility index (Phi) is 1.78. The predicted octanol–water partition coefficient (Wildman–Crippen LogP) is 1.17. The first-order chi connectivity index (χ1) is 8.28. The molecule has 17 heavy (non-hydrogen) atoms. The Morgan fingerprint density at radius 2 is 2.18 bits per heavy atom. The van der Waals surface area contributed by atoms with Crippen LogP contribution in [-0.2, 0) is 16.8 Å². The Morgan fingerprint density at radius 3 is 3.00 bits per heavy atom. The number of fused-ring (bicyclic) bond motifs is 2. The molecule has 1 saturated heterocycles. The Bertz CT molecular complexity index is 477. The van der Waals surface area contributed by atoms with E-state index in [9.17, 15) is 4.79 Å². The summed E-state index contributed by atoms with van der Waals surface area (Å²) < 4.78 is 2.26. The zero-order chi connectivity index (χ0) is 11.5. The number of rotatable bonds is 1. The second-order valence-electron chi connectivity index (χ2n) is 5.76. The minimum atomic E-state index is 0.175. The van der Waals surface area contributed by atoms with Crippen molar-refractivity contribution >= 4 is 5.91 Å². The van der Waals surface area contributed by atoms with E-state index in [0.29, 0.717) is 11.8 Å². The molecule has 2 fully saturated rings. The summed E-state index contributed by atoms with van der Waals surface area (Å²) in [4.78, 5) is 18.7. The number of imidazole rings is 1. The van der Waals surface area contributed by atoms with Crippen LogP contribution in [0, 0.1) is 5.92 Å². The van der Waals surface area contributed by atoms with Gasteiger partial charge in [0, 0.05) is 43.4 Å². The smallest absolute Gasteiger partial charge is 0.225 e. The van der Waals surface area contributed by atoms with E-state index >= 15 is 0 Å². The fraction of sp³-hybridized carbons (Fsp3) is 0.692. The monoisotopic (exact) mass is 231 g/mol. The zero-order valence-corrected chi connectivity index (χ0v) is 9.93. The molecule has 3 heterocycles. The van der Waals surface area contributed by atoms with Crippen LogP contribution < -0.4 is 0 Å². The number of carbonyl (C=O) groups excluding carboxylic acids is 1. The van der Waals surface area contributed by atoms with Crippen LogP contribution in [0.2, 0.25) is 0 Å². The lowest BCUT2D eigenvalue weighted by Gasteiger charge is -2.22. The highest BCUT2D eigenvalue weighted by atomic mass is 16.2. The van der Waals surface area contributed by atoms with Crippen LogP contribution in [0.4, 0.5) is 0 Å². The molecule has 1 aromatic rings. The van der Waals surface area contributed by atoms with E-state index < -0.39 is 0 Å². The molecule has 0 radical (unpaired) electrons. The maximum absolute atomic E-state index is 12.1. The molecule has 1 spiro atoms. The van der Waals surface area contributed by atoms with Crippen molar-refractivity contribution in [3.63, 3.8) is 0 Å². The molecule has 4 heteroatoms. The van der Waals surface area contributed by atoms with Gasteiger partial charge in [-0.1, -0.05) is 0 Å². The van der Waals surface area contributed by atoms with E-state index in [1.165, 1.54) is 5.82 Å². The third kappa shape index (κ3) is 1.30. The predicted molar refractivity (Wildman–Crippen MR) is 62.4 cm³/mol. The molecule has 0 N–H and O–H groups in total. The van der Waals surface area contributed by atoms with Gasteiger partial charge in [-0.05, 0) is 25.7 Å². The maximum atomic E-state index is 12.1. The van der Waals surface area contributed by atoms with Crippen LogP contribution in [0.3, 0.4) is 0 Å². The van der Waals surface area contributed by atoms with Gasteiger partial charge in [-0.3, -0.25) is 4.79 Å². The van der Waals surface area contributed by atoms with Crippen LogP contribution in [0.1, 0.15) is 31.5 Å². The number of likely N-dealkylation sites (tertiary alicyclic amines) is 1. The molecule has 1 aliphatic carbocycles. The summed E-state index contributed by atoms with van der Waals surface area (Å²) >= 11 is 0. The SMILES string of the molecule is O=C(C1CC1)N1CC[C@]2(CCn3ccnc32)C1. The van der Waals surface area contributed by atoms with Gasteiger partial charge in [-0.25, -0.2) is 4.98 Å². The average Bonchev–Trinajstić information content (AvgIpc) is 2.80. The number of aromatic nitrogens is 2. The Balaban J connectivity index is 1.60. The summed E-state index contributed by atoms with van der Waals surface area (Å²) in [6, 6.07) is 0. The fourth-order valence-electron chi connectivity index (χ4n) is 3.43. The first-order valence-electron chi connectivity index (χ1n) is 6.59. The van der Waals surface area contributed by atoms with Crippen molar-refractivity contribution < 1.29 is 4.79 Å². The lowest BCUT2D eigenvalue weighted by Crippen LogP contribution is -2.34. The number of hydrogen-bond acceptors (Lipinski definition) is 2. The second kappa shape index (κ2) is 3.12. The molecule has 90 valence electrons. The molecule has 4 nitrogen and oxygen atoms in total.